The molecule has 0 N–H and O–H groups in total. The first-order valence-corrected chi connectivity index (χ1v) is 13.9. The van der Waals surface area contributed by atoms with Crippen molar-refractivity contribution in [2.75, 3.05) is 6.54 Å². The number of hydrogen-bond acceptors (Lipinski definition) is 2. The van der Waals surface area contributed by atoms with Gasteiger partial charge in [0.05, 0.1) is 0 Å². The number of quaternary nitrogens is 1. The Bertz CT molecular complexity index is 1190. The van der Waals surface area contributed by atoms with E-state index < -0.39 is 7.41 Å². The molecular formula is C30H29BrNO2P. The van der Waals surface area contributed by atoms with Gasteiger partial charge in [0.15, 0.2) is 0 Å². The molecule has 0 unspecified atom stereocenters. The molecule has 4 aromatic rings. The fraction of sp³-hybridized carbons (Fsp3) is 0.133. The molecule has 0 fully saturated rings. The molecule has 178 valence electrons. The Kier molecular flexibility index (Phi) is 7.47. The van der Waals surface area contributed by atoms with Crippen molar-refractivity contribution in [3.8, 4) is 0 Å². The van der Waals surface area contributed by atoms with Gasteiger partial charge in [0.2, 0.25) is 0 Å². The summed E-state index contributed by atoms with van der Waals surface area (Å²) in [5.41, 5.74) is 1.09. The molecule has 1 aliphatic rings. The molecule has 0 saturated carbocycles. The molecule has 0 radical (unpaired) electrons. The van der Waals surface area contributed by atoms with Crippen molar-refractivity contribution in [3.05, 3.63) is 126 Å². The first-order valence-electron chi connectivity index (χ1n) is 11.9. The number of unbranched alkanes of at least 4 members (excludes halogenated alkanes) is 1. The van der Waals surface area contributed by atoms with Crippen molar-refractivity contribution in [1.29, 1.82) is 0 Å². The van der Waals surface area contributed by atoms with Gasteiger partial charge < -0.3 is 17.0 Å². The summed E-state index contributed by atoms with van der Waals surface area (Å²) in [5.74, 6) is -0.144. The van der Waals surface area contributed by atoms with Gasteiger partial charge >= 0.3 is 202 Å². The predicted molar refractivity (Wildman–Crippen MR) is 142 cm³/mol. The van der Waals surface area contributed by atoms with Crippen molar-refractivity contribution < 1.29 is 30.8 Å². The molecule has 0 spiro atoms. The second-order valence-electron chi connectivity index (χ2n) is 8.85. The zero-order chi connectivity index (χ0) is 23.6. The number of fused-ring (bicyclic) bond motifs is 1. The van der Waals surface area contributed by atoms with Crippen LogP contribution in [0.25, 0.3) is 0 Å². The van der Waals surface area contributed by atoms with Crippen LogP contribution in [0.3, 0.4) is 0 Å². The van der Waals surface area contributed by atoms with E-state index in [-0.39, 0.29) is 33.0 Å². The number of benzene rings is 4. The summed E-state index contributed by atoms with van der Waals surface area (Å²) in [7, 11) is -3.26. The summed E-state index contributed by atoms with van der Waals surface area (Å²) >= 11 is 0. The third-order valence-corrected chi connectivity index (χ3v) is 12.4. The summed E-state index contributed by atoms with van der Waals surface area (Å²) < 4.78 is -0.168. The zero-order valence-electron chi connectivity index (χ0n) is 19.7. The smallest absolute Gasteiger partial charge is 1.00 e. The average Bonchev–Trinajstić information content (AvgIpc) is 3.13. The topological polar surface area (TPSA) is 34.1 Å². The summed E-state index contributed by atoms with van der Waals surface area (Å²) in [6, 6.07) is 38.2. The van der Waals surface area contributed by atoms with E-state index in [9.17, 15) is 9.59 Å². The van der Waals surface area contributed by atoms with Gasteiger partial charge in [0.25, 0.3) is 0 Å². The molecule has 35 heavy (non-hydrogen) atoms. The molecule has 1 heterocycles. The summed E-state index contributed by atoms with van der Waals surface area (Å²) in [4.78, 5) is 29.2. The maximum absolute atomic E-state index is 14.6. The number of carbonyl (C=O) groups excluding carboxylic acids is 2. The summed E-state index contributed by atoms with van der Waals surface area (Å²) in [6.45, 7) is 2.60. The molecular weight excluding hydrogens is 517 g/mol. The van der Waals surface area contributed by atoms with Gasteiger partial charge in [-0.2, -0.15) is 0 Å². The second kappa shape index (κ2) is 10.4. The Morgan fingerprint density at radius 3 is 1.26 bits per heavy atom. The molecule has 4 aromatic carbocycles. The van der Waals surface area contributed by atoms with Crippen LogP contribution >= 0.6 is 7.41 Å². The van der Waals surface area contributed by atoms with Crippen LogP contribution in [-0.2, 0) is 0 Å². The minimum atomic E-state index is -3.26. The summed E-state index contributed by atoms with van der Waals surface area (Å²) in [5, 5.41) is 3.20. The number of hydrogen-bond donors (Lipinski definition) is 0. The minimum Gasteiger partial charge on any atom is -1.00 e. The van der Waals surface area contributed by atoms with Gasteiger partial charge in [-0.25, -0.2) is 0 Å². The minimum absolute atomic E-state index is 0. The Morgan fingerprint density at radius 1 is 0.571 bits per heavy atom. The fourth-order valence-electron chi connectivity index (χ4n) is 5.63. The van der Waals surface area contributed by atoms with Crippen molar-refractivity contribution in [2.24, 2.45) is 0 Å². The van der Waals surface area contributed by atoms with E-state index in [1.54, 1.807) is 0 Å². The molecule has 2 amide bonds. The Labute approximate surface area is 218 Å². The molecule has 0 saturated heterocycles. The standard InChI is InChI=1S/C30H29NO2P.BrH/c1-2-3-23-31(29(32)27-21-13-14-22-28(27)30(31)33)34(24-15-7-4-8-16-24,25-17-9-5-10-18-25)26-19-11-6-12-20-26;/h4-22,34H,2-3,23H2,1H3;1H/q+1;/p-1. The van der Waals surface area contributed by atoms with Crippen molar-refractivity contribution in [3.63, 3.8) is 0 Å². The van der Waals surface area contributed by atoms with Gasteiger partial charge in [0.1, 0.15) is 0 Å². The first kappa shape index (κ1) is 25.2. The van der Waals surface area contributed by atoms with E-state index in [2.05, 4.69) is 43.3 Å². The zero-order valence-corrected chi connectivity index (χ0v) is 22.3. The number of rotatable bonds is 7. The first-order chi connectivity index (χ1) is 16.7. The van der Waals surface area contributed by atoms with E-state index >= 15 is 0 Å². The largest absolute Gasteiger partial charge is 1.00 e. The van der Waals surface area contributed by atoms with Gasteiger partial charge in [-0.05, 0) is 0 Å². The summed E-state index contributed by atoms with van der Waals surface area (Å²) in [6.07, 6.45) is 1.69. The molecule has 5 rings (SSSR count). The van der Waals surface area contributed by atoms with Crippen LogP contribution in [0.4, 0.5) is 0 Å². The quantitative estimate of drug-likeness (QED) is 0.263. The molecule has 1 aliphatic heterocycles. The van der Waals surface area contributed by atoms with Crippen molar-refractivity contribution in [1.82, 2.24) is 0 Å². The maximum atomic E-state index is 14.6. The van der Waals surface area contributed by atoms with E-state index in [1.165, 1.54) is 0 Å². The monoisotopic (exact) mass is 545 g/mol. The molecule has 0 aliphatic carbocycles. The Morgan fingerprint density at radius 2 is 0.914 bits per heavy atom. The van der Waals surface area contributed by atoms with E-state index in [0.717, 1.165) is 28.8 Å². The van der Waals surface area contributed by atoms with Gasteiger partial charge in [-0.1, -0.05) is 0 Å². The molecule has 3 nitrogen and oxygen atoms in total. The van der Waals surface area contributed by atoms with Crippen LogP contribution < -0.4 is 32.9 Å². The maximum Gasteiger partial charge on any atom is -1.00 e. The van der Waals surface area contributed by atoms with Crippen molar-refractivity contribution in [2.45, 2.75) is 19.8 Å². The number of amides is 2. The molecule has 0 aromatic heterocycles. The number of carbonyl (C=O) groups is 2. The molecule has 0 atom stereocenters. The second-order valence-corrected chi connectivity index (χ2v) is 12.8. The number of imide groups is 1. The predicted octanol–water partition coefficient (Wildman–Crippen LogP) is 2.24. The van der Waals surface area contributed by atoms with Crippen LogP contribution in [0.1, 0.15) is 40.5 Å². The molecule has 5 heteroatoms. The third kappa shape index (κ3) is 3.72. The van der Waals surface area contributed by atoms with Crippen LogP contribution in [0.15, 0.2) is 115 Å². The Balaban J connectivity index is 0.00000289. The van der Waals surface area contributed by atoms with Gasteiger partial charge in [-0.3, -0.25) is 0 Å². The van der Waals surface area contributed by atoms with E-state index in [0.29, 0.717) is 17.7 Å². The van der Waals surface area contributed by atoms with Gasteiger partial charge in [-0.15, -0.1) is 0 Å². The number of nitrogens with zero attached hydrogens (tertiary/aromatic N) is 1. The van der Waals surface area contributed by atoms with E-state index in [4.69, 9.17) is 0 Å². The molecule has 0 bridgehead atoms. The van der Waals surface area contributed by atoms with E-state index in [1.807, 2.05) is 78.9 Å². The average molecular weight is 546 g/mol. The third-order valence-electron chi connectivity index (χ3n) is 7.08. The van der Waals surface area contributed by atoms with Crippen LogP contribution in [0.5, 0.6) is 0 Å². The van der Waals surface area contributed by atoms with Crippen LogP contribution in [0.2, 0.25) is 0 Å². The fourth-order valence-corrected chi connectivity index (χ4v) is 11.3. The SMILES string of the molecule is CCCC[N+]1([PH](c2ccccc2)(c2ccccc2)c2ccccc2)C(=O)c2ccccc2C1=O.[Br-]. The number of halogens is 1. The normalized spacial score (nSPS) is 14.8. The Hall–Kier alpha value is -2.91. The van der Waals surface area contributed by atoms with Gasteiger partial charge in [0, 0.05) is 0 Å². The van der Waals surface area contributed by atoms with Crippen LogP contribution in [0, 0.1) is 0 Å². The van der Waals surface area contributed by atoms with Crippen LogP contribution in [-0.4, -0.2) is 22.6 Å². The van der Waals surface area contributed by atoms with Crippen molar-refractivity contribution >= 4 is 35.1 Å².